The van der Waals surface area contributed by atoms with Crippen molar-refractivity contribution in [2.75, 3.05) is 13.2 Å². The van der Waals surface area contributed by atoms with Crippen LogP contribution >= 0.6 is 0 Å². The second-order valence-corrected chi connectivity index (χ2v) is 11.2. The van der Waals surface area contributed by atoms with E-state index >= 15 is 0 Å². The van der Waals surface area contributed by atoms with Crippen LogP contribution < -0.4 is 19.8 Å². The molecular formula is C36H38O15. The van der Waals surface area contributed by atoms with Gasteiger partial charge in [-0.3, -0.25) is 19.2 Å². The molecule has 1 aliphatic rings. The molecule has 1 aromatic heterocycles. The van der Waals surface area contributed by atoms with Gasteiger partial charge in [-0.25, -0.2) is 9.59 Å². The molecule has 0 spiro atoms. The Morgan fingerprint density at radius 2 is 1.45 bits per heavy atom. The first-order valence-electron chi connectivity index (χ1n) is 16.0. The minimum Gasteiger partial charge on any atom is -0.488 e. The lowest BCUT2D eigenvalue weighted by Gasteiger charge is -2.43. The van der Waals surface area contributed by atoms with Crippen LogP contribution in [0.25, 0.3) is 11.0 Å². The highest BCUT2D eigenvalue weighted by atomic mass is 16.7. The number of carbonyl (C=O) groups excluding carboxylic acids is 5. The number of allylic oxidation sites excluding steroid dienone is 1. The van der Waals surface area contributed by atoms with Crippen molar-refractivity contribution in [3.63, 3.8) is 0 Å². The Balaban J connectivity index is 1.74. The van der Waals surface area contributed by atoms with E-state index in [9.17, 15) is 28.8 Å². The average molecular weight is 711 g/mol. The van der Waals surface area contributed by atoms with Crippen molar-refractivity contribution < 1.29 is 66.3 Å². The maximum absolute atomic E-state index is 13.3. The maximum atomic E-state index is 13.3. The van der Waals surface area contributed by atoms with E-state index in [4.69, 9.17) is 42.3 Å². The molecule has 0 bridgehead atoms. The Bertz CT molecular complexity index is 1810. The van der Waals surface area contributed by atoms with Crippen LogP contribution in [0, 0.1) is 0 Å². The summed E-state index contributed by atoms with van der Waals surface area (Å²) in [5.74, 6) is -4.38. The Morgan fingerprint density at radius 3 is 2.10 bits per heavy atom. The molecule has 0 amide bonds. The first kappa shape index (κ1) is 38.1. The second kappa shape index (κ2) is 17.8. The molecule has 3 aromatic rings. The van der Waals surface area contributed by atoms with Crippen LogP contribution in [0.2, 0.25) is 0 Å². The first-order valence-corrected chi connectivity index (χ1v) is 16.0. The zero-order valence-electron chi connectivity index (χ0n) is 28.6. The van der Waals surface area contributed by atoms with E-state index in [0.717, 1.165) is 34.1 Å². The van der Waals surface area contributed by atoms with E-state index in [1.807, 2.05) is 19.1 Å². The number of hydrogen-bond donors (Lipinski definition) is 0. The van der Waals surface area contributed by atoms with Crippen molar-refractivity contribution in [3.05, 3.63) is 76.7 Å². The summed E-state index contributed by atoms with van der Waals surface area (Å²) in [6.45, 7) is 6.11. The number of hydrogen-bond acceptors (Lipinski definition) is 15. The predicted octanol–water partition coefficient (Wildman–Crippen LogP) is 4.21. The van der Waals surface area contributed by atoms with Gasteiger partial charge in [0, 0.05) is 33.8 Å². The fourth-order valence-electron chi connectivity index (χ4n) is 5.10. The smallest absolute Gasteiger partial charge is 0.383 e. The van der Waals surface area contributed by atoms with Gasteiger partial charge in [-0.15, -0.1) is 0 Å². The Labute approximate surface area is 292 Å². The highest BCUT2D eigenvalue weighted by Crippen LogP contribution is 2.37. The van der Waals surface area contributed by atoms with E-state index in [2.05, 4.69) is 0 Å². The summed E-state index contributed by atoms with van der Waals surface area (Å²) in [7, 11) is 0. The summed E-state index contributed by atoms with van der Waals surface area (Å²) >= 11 is 0. The summed E-state index contributed by atoms with van der Waals surface area (Å²) in [5.41, 5.74) is -0.862. The van der Waals surface area contributed by atoms with Gasteiger partial charge in [-0.05, 0) is 37.1 Å². The average Bonchev–Trinajstić information content (AvgIpc) is 3.07. The van der Waals surface area contributed by atoms with Gasteiger partial charge >= 0.3 is 35.5 Å². The molecule has 0 radical (unpaired) electrons. The highest BCUT2D eigenvalue weighted by molar-refractivity contribution is 5.93. The summed E-state index contributed by atoms with van der Waals surface area (Å²) in [4.78, 5) is 74.3. The van der Waals surface area contributed by atoms with Crippen LogP contribution in [0.5, 0.6) is 17.2 Å². The molecule has 1 saturated heterocycles. The van der Waals surface area contributed by atoms with Crippen LogP contribution in [-0.2, 0) is 42.9 Å². The zero-order valence-corrected chi connectivity index (χ0v) is 28.6. The van der Waals surface area contributed by atoms with Gasteiger partial charge in [0.15, 0.2) is 18.0 Å². The number of rotatable bonds is 14. The molecule has 4 rings (SSSR count). The van der Waals surface area contributed by atoms with Crippen molar-refractivity contribution in [2.45, 2.75) is 78.2 Å². The molecule has 2 heterocycles. The molecule has 1 aliphatic heterocycles. The van der Waals surface area contributed by atoms with E-state index in [0.29, 0.717) is 6.42 Å². The van der Waals surface area contributed by atoms with Crippen LogP contribution in [0.1, 0.15) is 57.8 Å². The Morgan fingerprint density at radius 1 is 0.784 bits per heavy atom. The van der Waals surface area contributed by atoms with Gasteiger partial charge in [-0.1, -0.05) is 37.3 Å². The van der Waals surface area contributed by atoms with Crippen LogP contribution in [0.3, 0.4) is 0 Å². The summed E-state index contributed by atoms with van der Waals surface area (Å²) in [6, 6.07) is 12.3. The lowest BCUT2D eigenvalue weighted by molar-refractivity contribution is -0.288. The third-order valence-corrected chi connectivity index (χ3v) is 7.13. The van der Waals surface area contributed by atoms with Crippen molar-refractivity contribution in [1.82, 2.24) is 0 Å². The van der Waals surface area contributed by atoms with Crippen molar-refractivity contribution >= 4 is 40.8 Å². The van der Waals surface area contributed by atoms with Crippen molar-refractivity contribution in [2.24, 2.45) is 0 Å². The quantitative estimate of drug-likeness (QED) is 0.0760. The third kappa shape index (κ3) is 10.4. The summed E-state index contributed by atoms with van der Waals surface area (Å²) < 4.78 is 50.5. The minimum absolute atomic E-state index is 0.0115. The molecular weight excluding hydrogens is 672 g/mol. The van der Waals surface area contributed by atoms with Gasteiger partial charge in [0.05, 0.1) is 17.6 Å². The van der Waals surface area contributed by atoms with Crippen LogP contribution in [-0.4, -0.2) is 73.8 Å². The minimum atomic E-state index is -1.54. The van der Waals surface area contributed by atoms with E-state index in [1.165, 1.54) is 30.3 Å². The van der Waals surface area contributed by atoms with Gasteiger partial charge in [0.1, 0.15) is 24.0 Å². The topological polar surface area (TPSA) is 189 Å². The SMILES string of the molecule is CC/C=C/CCOc1c(OC(=O)c2ccccc2)c(=O)oc2cc(O[C@H]3O[C@H](COC(C)=O)[C@@H](OC(C)=O)[C@H](OC(C)=O)[C@@H]3OC(C)=O)ccc12. The molecule has 0 N–H and O–H groups in total. The molecule has 0 aliphatic carbocycles. The number of benzene rings is 2. The monoisotopic (exact) mass is 710 g/mol. The number of esters is 5. The fraction of sp³-hybridized carbons (Fsp3) is 0.389. The standard InChI is InChI=1S/C36H38O15/c1-6-7-8-12-17-43-29-26-16-15-25(18-27(26)49-35(42)32(29)51-34(41)24-13-10-9-11-14-24)48-36-33(47-23(5)40)31(46-22(4)39)30(45-21(3)38)28(50-36)19-44-20(2)37/h7-11,13-16,18,28,30-31,33,36H,6,12,17,19H2,1-5H3/b8-7+/t28-,30-,31+,33+,36+/m1/s1. The van der Waals surface area contributed by atoms with Crippen LogP contribution in [0.4, 0.5) is 0 Å². The zero-order chi connectivity index (χ0) is 37.1. The molecule has 15 heteroatoms. The molecule has 272 valence electrons. The van der Waals surface area contributed by atoms with E-state index < -0.39 is 78.5 Å². The molecule has 5 atom stereocenters. The normalized spacial score (nSPS) is 19.9. The van der Waals surface area contributed by atoms with Gasteiger partial charge in [-0.2, -0.15) is 0 Å². The van der Waals surface area contributed by atoms with Crippen LogP contribution in [0.15, 0.2) is 69.9 Å². The Hall–Kier alpha value is -5.70. The van der Waals surface area contributed by atoms with Gasteiger partial charge in [0.2, 0.25) is 12.4 Å². The van der Waals surface area contributed by atoms with Crippen molar-refractivity contribution in [3.8, 4) is 17.2 Å². The number of ether oxygens (including phenoxy) is 8. The molecule has 2 aromatic carbocycles. The van der Waals surface area contributed by atoms with Gasteiger partial charge < -0.3 is 42.3 Å². The van der Waals surface area contributed by atoms with E-state index in [1.54, 1.807) is 18.2 Å². The molecule has 0 saturated carbocycles. The second-order valence-electron chi connectivity index (χ2n) is 11.2. The first-order chi connectivity index (χ1) is 24.4. The third-order valence-electron chi connectivity index (χ3n) is 7.13. The number of fused-ring (bicyclic) bond motifs is 1. The molecule has 1 fully saturated rings. The Kier molecular flexibility index (Phi) is 13.3. The summed E-state index contributed by atoms with van der Waals surface area (Å²) in [6.07, 6.45) is -1.96. The van der Waals surface area contributed by atoms with Crippen molar-refractivity contribution in [1.29, 1.82) is 0 Å². The van der Waals surface area contributed by atoms with E-state index in [-0.39, 0.29) is 34.6 Å². The fourth-order valence-corrected chi connectivity index (χ4v) is 5.10. The maximum Gasteiger partial charge on any atom is 0.383 e. The predicted molar refractivity (Wildman–Crippen MR) is 176 cm³/mol. The molecule has 0 unspecified atom stereocenters. The highest BCUT2D eigenvalue weighted by Gasteiger charge is 2.53. The largest absolute Gasteiger partial charge is 0.488 e. The van der Waals surface area contributed by atoms with Gasteiger partial charge in [0.25, 0.3) is 5.75 Å². The lowest BCUT2D eigenvalue weighted by atomic mass is 9.98. The number of carbonyl (C=O) groups is 5. The molecule has 51 heavy (non-hydrogen) atoms. The molecule has 15 nitrogen and oxygen atoms in total. The summed E-state index contributed by atoms with van der Waals surface area (Å²) in [5, 5.41) is 0.249. The lowest BCUT2D eigenvalue weighted by Crippen LogP contribution is -2.63.